The first-order chi connectivity index (χ1) is 11.5. The molecular formula is C18H21NO5. The summed E-state index contributed by atoms with van der Waals surface area (Å²) in [4.78, 5) is 35.6. The molecule has 0 aliphatic carbocycles. The molecule has 1 aromatic rings. The molecule has 0 spiro atoms. The molecular weight excluding hydrogens is 310 g/mol. The number of nitrogens with one attached hydrogen (secondary N) is 1. The van der Waals surface area contributed by atoms with Gasteiger partial charge in [0, 0.05) is 17.8 Å². The van der Waals surface area contributed by atoms with E-state index in [-0.39, 0.29) is 18.8 Å². The number of hydrogen-bond donors (Lipinski definition) is 1. The molecule has 6 nitrogen and oxygen atoms in total. The summed E-state index contributed by atoms with van der Waals surface area (Å²) >= 11 is 0. The van der Waals surface area contributed by atoms with Crippen molar-refractivity contribution in [3.8, 4) is 0 Å². The predicted molar refractivity (Wildman–Crippen MR) is 90.2 cm³/mol. The van der Waals surface area contributed by atoms with Gasteiger partial charge >= 0.3 is 11.9 Å². The Balaban J connectivity index is 2.96. The second-order valence-electron chi connectivity index (χ2n) is 4.71. The summed E-state index contributed by atoms with van der Waals surface area (Å²) < 4.78 is 9.72. The minimum Gasteiger partial charge on any atom is -0.463 e. The van der Waals surface area contributed by atoms with Crippen molar-refractivity contribution < 1.29 is 23.9 Å². The minimum atomic E-state index is -0.688. The van der Waals surface area contributed by atoms with Crippen molar-refractivity contribution in [1.82, 2.24) is 0 Å². The maximum atomic E-state index is 12.0. The molecule has 1 amide bonds. The van der Waals surface area contributed by atoms with Gasteiger partial charge in [-0.3, -0.25) is 4.79 Å². The number of para-hydroxylation sites is 1. The van der Waals surface area contributed by atoms with Crippen LogP contribution in [0.3, 0.4) is 0 Å². The maximum Gasteiger partial charge on any atom is 0.338 e. The number of benzene rings is 1. The van der Waals surface area contributed by atoms with Gasteiger partial charge in [0.2, 0.25) is 5.91 Å². The Hall–Kier alpha value is -2.89. The van der Waals surface area contributed by atoms with Crippen LogP contribution in [0.5, 0.6) is 0 Å². The average Bonchev–Trinajstić information content (AvgIpc) is 2.53. The highest BCUT2D eigenvalue weighted by atomic mass is 16.5. The van der Waals surface area contributed by atoms with Crippen LogP contribution in [0, 0.1) is 0 Å². The summed E-state index contributed by atoms with van der Waals surface area (Å²) in [6.07, 6.45) is 2.26. The highest BCUT2D eigenvalue weighted by Crippen LogP contribution is 2.13. The SMILES string of the molecule is CCOC(=O)/C=C(C(=O)OCC)/C(C)=C/C(=O)Nc1ccccc1. The van der Waals surface area contributed by atoms with Crippen molar-refractivity contribution in [2.45, 2.75) is 20.8 Å². The Labute approximate surface area is 141 Å². The summed E-state index contributed by atoms with van der Waals surface area (Å²) in [5.74, 6) is -1.78. The third kappa shape index (κ3) is 6.48. The lowest BCUT2D eigenvalue weighted by Crippen LogP contribution is -2.14. The molecule has 0 radical (unpaired) electrons. The normalized spacial score (nSPS) is 11.6. The van der Waals surface area contributed by atoms with Crippen molar-refractivity contribution in [3.63, 3.8) is 0 Å². The van der Waals surface area contributed by atoms with Gasteiger partial charge in [-0.2, -0.15) is 0 Å². The van der Waals surface area contributed by atoms with Crippen molar-refractivity contribution in [2.24, 2.45) is 0 Å². The third-order valence-electron chi connectivity index (χ3n) is 2.86. The van der Waals surface area contributed by atoms with E-state index in [1.807, 2.05) is 6.07 Å². The molecule has 0 saturated carbocycles. The lowest BCUT2D eigenvalue weighted by Gasteiger charge is -2.08. The van der Waals surface area contributed by atoms with Crippen LogP contribution in [-0.4, -0.2) is 31.1 Å². The molecule has 0 aromatic heterocycles. The molecule has 6 heteroatoms. The summed E-state index contributed by atoms with van der Waals surface area (Å²) in [6, 6.07) is 8.88. The quantitative estimate of drug-likeness (QED) is 0.472. The van der Waals surface area contributed by atoms with Crippen molar-refractivity contribution >= 4 is 23.5 Å². The minimum absolute atomic E-state index is 0.0153. The van der Waals surface area contributed by atoms with E-state index in [1.165, 1.54) is 6.08 Å². The van der Waals surface area contributed by atoms with E-state index in [9.17, 15) is 14.4 Å². The number of amides is 1. The second-order valence-corrected chi connectivity index (χ2v) is 4.71. The monoisotopic (exact) mass is 331 g/mol. The number of carbonyl (C=O) groups excluding carboxylic acids is 3. The van der Waals surface area contributed by atoms with Gasteiger partial charge in [0.05, 0.1) is 18.8 Å². The second kappa shape index (κ2) is 9.99. The fraction of sp³-hybridized carbons (Fsp3) is 0.278. The van der Waals surface area contributed by atoms with Crippen LogP contribution in [0.25, 0.3) is 0 Å². The van der Waals surface area contributed by atoms with Gasteiger partial charge in [0.25, 0.3) is 0 Å². The standard InChI is InChI=1S/C18H21NO5/c1-4-23-17(21)12-15(18(22)24-5-2)13(3)11-16(20)19-14-9-7-6-8-10-14/h6-12H,4-5H2,1-3H3,(H,19,20)/b13-11+,15-12-. The van der Waals surface area contributed by atoms with Gasteiger partial charge in [-0.05, 0) is 38.5 Å². The Bertz CT molecular complexity index is 647. The summed E-state index contributed by atoms with van der Waals surface area (Å²) in [5.41, 5.74) is 0.909. The Morgan fingerprint density at radius 1 is 1.00 bits per heavy atom. The zero-order valence-corrected chi connectivity index (χ0v) is 14.0. The first-order valence-electron chi connectivity index (χ1n) is 7.58. The van der Waals surface area contributed by atoms with Crippen molar-refractivity contribution in [1.29, 1.82) is 0 Å². The molecule has 128 valence electrons. The van der Waals surface area contributed by atoms with E-state index < -0.39 is 17.8 Å². The zero-order chi connectivity index (χ0) is 17.9. The molecule has 0 unspecified atom stereocenters. The van der Waals surface area contributed by atoms with Crippen LogP contribution in [0.4, 0.5) is 5.69 Å². The van der Waals surface area contributed by atoms with Crippen LogP contribution in [0.1, 0.15) is 20.8 Å². The Kier molecular flexibility index (Phi) is 7.98. The summed E-state index contributed by atoms with van der Waals surface area (Å²) in [5, 5.41) is 2.67. The van der Waals surface area contributed by atoms with E-state index in [0.717, 1.165) is 6.08 Å². The molecule has 24 heavy (non-hydrogen) atoms. The lowest BCUT2D eigenvalue weighted by atomic mass is 10.1. The van der Waals surface area contributed by atoms with Gasteiger partial charge in [0.15, 0.2) is 0 Å². The van der Waals surface area contributed by atoms with Gasteiger partial charge in [-0.15, -0.1) is 0 Å². The topological polar surface area (TPSA) is 81.7 Å². The van der Waals surface area contributed by atoms with Gasteiger partial charge in [-0.1, -0.05) is 18.2 Å². The van der Waals surface area contributed by atoms with Gasteiger partial charge < -0.3 is 14.8 Å². The largest absolute Gasteiger partial charge is 0.463 e. The molecule has 0 saturated heterocycles. The van der Waals surface area contributed by atoms with Crippen LogP contribution in [-0.2, 0) is 23.9 Å². The molecule has 0 aliphatic rings. The van der Waals surface area contributed by atoms with Crippen LogP contribution >= 0.6 is 0 Å². The first kappa shape index (κ1) is 19.2. The number of carbonyl (C=O) groups is 3. The number of anilines is 1. The van der Waals surface area contributed by atoms with E-state index in [2.05, 4.69) is 5.32 Å². The first-order valence-corrected chi connectivity index (χ1v) is 7.58. The van der Waals surface area contributed by atoms with E-state index in [0.29, 0.717) is 11.3 Å². The highest BCUT2D eigenvalue weighted by molar-refractivity contribution is 6.04. The van der Waals surface area contributed by atoms with Crippen molar-refractivity contribution in [3.05, 3.63) is 53.6 Å². The third-order valence-corrected chi connectivity index (χ3v) is 2.86. The van der Waals surface area contributed by atoms with Gasteiger partial charge in [0.1, 0.15) is 0 Å². The van der Waals surface area contributed by atoms with Crippen molar-refractivity contribution in [2.75, 3.05) is 18.5 Å². The Morgan fingerprint density at radius 3 is 2.21 bits per heavy atom. The molecule has 0 heterocycles. The maximum absolute atomic E-state index is 12.0. The fourth-order valence-electron chi connectivity index (χ4n) is 1.82. The molecule has 0 bridgehead atoms. The van der Waals surface area contributed by atoms with Crippen LogP contribution in [0.15, 0.2) is 53.6 Å². The summed E-state index contributed by atoms with van der Waals surface area (Å²) in [7, 11) is 0. The smallest absolute Gasteiger partial charge is 0.338 e. The number of esters is 2. The number of hydrogen-bond acceptors (Lipinski definition) is 5. The molecule has 0 fully saturated rings. The van der Waals surface area contributed by atoms with Crippen LogP contribution in [0.2, 0.25) is 0 Å². The highest BCUT2D eigenvalue weighted by Gasteiger charge is 2.16. The summed E-state index contributed by atoms with van der Waals surface area (Å²) in [6.45, 7) is 5.20. The van der Waals surface area contributed by atoms with Gasteiger partial charge in [-0.25, -0.2) is 9.59 Å². The molecule has 0 aliphatic heterocycles. The number of rotatable bonds is 7. The molecule has 1 aromatic carbocycles. The van der Waals surface area contributed by atoms with E-state index in [4.69, 9.17) is 9.47 Å². The fourth-order valence-corrected chi connectivity index (χ4v) is 1.82. The zero-order valence-electron chi connectivity index (χ0n) is 14.0. The molecule has 1 rings (SSSR count). The lowest BCUT2D eigenvalue weighted by molar-refractivity contribution is -0.140. The number of ether oxygens (including phenoxy) is 2. The molecule has 1 N–H and O–H groups in total. The van der Waals surface area contributed by atoms with Crippen LogP contribution < -0.4 is 5.32 Å². The van der Waals surface area contributed by atoms with E-state index in [1.54, 1.807) is 45.0 Å². The predicted octanol–water partition coefficient (Wildman–Crippen LogP) is 2.62. The average molecular weight is 331 g/mol. The Morgan fingerprint density at radius 2 is 1.62 bits per heavy atom. The molecule has 0 atom stereocenters. The van der Waals surface area contributed by atoms with E-state index >= 15 is 0 Å².